The van der Waals surface area contributed by atoms with E-state index in [1.807, 2.05) is 6.26 Å². The molecule has 0 saturated carbocycles. The molecule has 118 valence electrons. The van der Waals surface area contributed by atoms with Gasteiger partial charge >= 0.3 is 0 Å². The number of hydrogen-bond donors (Lipinski definition) is 1. The maximum Gasteiger partial charge on any atom is 0.123 e. The number of rotatable bonds is 4. The summed E-state index contributed by atoms with van der Waals surface area (Å²) in [5.41, 5.74) is 1.41. The second-order valence-electron chi connectivity index (χ2n) is 6.40. The normalized spacial score (nSPS) is 26.9. The van der Waals surface area contributed by atoms with Gasteiger partial charge in [-0.1, -0.05) is 6.92 Å². The Morgan fingerprint density at radius 3 is 2.90 bits per heavy atom. The van der Waals surface area contributed by atoms with Gasteiger partial charge in [0.1, 0.15) is 5.76 Å². The summed E-state index contributed by atoms with van der Waals surface area (Å²) in [5.74, 6) is 4.24. The van der Waals surface area contributed by atoms with Gasteiger partial charge in [0.25, 0.3) is 0 Å². The van der Waals surface area contributed by atoms with Crippen LogP contribution in [0, 0.1) is 12.8 Å². The minimum absolute atomic E-state index is 0.141. The van der Waals surface area contributed by atoms with Crippen molar-refractivity contribution in [1.82, 2.24) is 5.32 Å². The van der Waals surface area contributed by atoms with Gasteiger partial charge in [-0.05, 0) is 68.2 Å². The molecule has 3 rings (SSSR count). The first-order valence-corrected chi connectivity index (χ1v) is 9.39. The van der Waals surface area contributed by atoms with Crippen LogP contribution >= 0.6 is 11.8 Å². The fourth-order valence-corrected chi connectivity index (χ4v) is 5.08. The third-order valence-corrected chi connectivity index (χ3v) is 6.00. The van der Waals surface area contributed by atoms with Crippen molar-refractivity contribution in [2.75, 3.05) is 24.7 Å². The molecular formula is C17H27NO2S. The predicted molar refractivity (Wildman–Crippen MR) is 87.8 cm³/mol. The van der Waals surface area contributed by atoms with E-state index in [0.717, 1.165) is 25.3 Å². The first-order valence-electron chi connectivity index (χ1n) is 8.23. The van der Waals surface area contributed by atoms with Crippen molar-refractivity contribution in [3.63, 3.8) is 0 Å². The van der Waals surface area contributed by atoms with Gasteiger partial charge in [-0.2, -0.15) is 11.8 Å². The fourth-order valence-electron chi connectivity index (χ4n) is 3.84. The summed E-state index contributed by atoms with van der Waals surface area (Å²) in [6.07, 6.45) is 6.55. The van der Waals surface area contributed by atoms with Crippen LogP contribution in [0.1, 0.15) is 50.0 Å². The zero-order chi connectivity index (χ0) is 14.7. The van der Waals surface area contributed by atoms with Crippen LogP contribution in [-0.2, 0) is 4.74 Å². The van der Waals surface area contributed by atoms with Crippen molar-refractivity contribution in [3.8, 4) is 0 Å². The molecule has 4 heteroatoms. The quantitative estimate of drug-likeness (QED) is 0.914. The van der Waals surface area contributed by atoms with E-state index in [1.165, 1.54) is 36.3 Å². The Hall–Kier alpha value is -0.450. The summed E-state index contributed by atoms with van der Waals surface area (Å²) in [6.45, 7) is 6.20. The Bertz CT molecular complexity index is 448. The number of furan rings is 1. The molecule has 0 aromatic carbocycles. The predicted octanol–water partition coefficient (Wildman–Crippen LogP) is 3.93. The van der Waals surface area contributed by atoms with Crippen molar-refractivity contribution >= 4 is 11.8 Å². The van der Waals surface area contributed by atoms with Crippen molar-refractivity contribution in [2.24, 2.45) is 5.92 Å². The van der Waals surface area contributed by atoms with E-state index in [9.17, 15) is 0 Å². The van der Waals surface area contributed by atoms with Crippen LogP contribution in [0.2, 0.25) is 0 Å². The van der Waals surface area contributed by atoms with E-state index in [4.69, 9.17) is 9.15 Å². The van der Waals surface area contributed by atoms with E-state index in [1.54, 1.807) is 0 Å². The third kappa shape index (κ3) is 3.33. The van der Waals surface area contributed by atoms with Crippen LogP contribution in [0.4, 0.5) is 0 Å². The summed E-state index contributed by atoms with van der Waals surface area (Å²) in [6, 6.07) is 2.41. The molecule has 0 radical (unpaired) electrons. The molecule has 2 aliphatic rings. The van der Waals surface area contributed by atoms with Gasteiger partial charge in [0.2, 0.25) is 0 Å². The first kappa shape index (κ1) is 15.4. The SMILES string of the molecule is CCNC(c1occc1C)C1CCOC2(CCSCC2)C1. The molecule has 2 fully saturated rings. The highest BCUT2D eigenvalue weighted by molar-refractivity contribution is 7.99. The molecule has 2 aliphatic heterocycles. The van der Waals surface area contributed by atoms with E-state index in [-0.39, 0.29) is 5.60 Å². The lowest BCUT2D eigenvalue weighted by atomic mass is 9.77. The molecular weight excluding hydrogens is 282 g/mol. The molecule has 2 unspecified atom stereocenters. The summed E-state index contributed by atoms with van der Waals surface area (Å²) in [5, 5.41) is 3.66. The maximum atomic E-state index is 6.24. The zero-order valence-electron chi connectivity index (χ0n) is 13.2. The molecule has 0 amide bonds. The Kier molecular flexibility index (Phi) is 4.97. The Balaban J connectivity index is 1.77. The van der Waals surface area contributed by atoms with Crippen LogP contribution in [0.15, 0.2) is 16.7 Å². The Labute approximate surface area is 132 Å². The van der Waals surface area contributed by atoms with Crippen molar-refractivity contribution < 1.29 is 9.15 Å². The van der Waals surface area contributed by atoms with E-state index in [0.29, 0.717) is 12.0 Å². The minimum atomic E-state index is 0.141. The first-order chi connectivity index (χ1) is 10.2. The second kappa shape index (κ2) is 6.76. The Morgan fingerprint density at radius 1 is 1.43 bits per heavy atom. The van der Waals surface area contributed by atoms with Gasteiger partial charge < -0.3 is 14.5 Å². The monoisotopic (exact) mass is 309 g/mol. The molecule has 1 aromatic heterocycles. The van der Waals surface area contributed by atoms with Crippen LogP contribution in [0.25, 0.3) is 0 Å². The average Bonchev–Trinajstić information content (AvgIpc) is 2.91. The molecule has 1 N–H and O–H groups in total. The molecule has 3 nitrogen and oxygen atoms in total. The lowest BCUT2D eigenvalue weighted by molar-refractivity contribution is -0.108. The number of nitrogens with one attached hydrogen (secondary N) is 1. The van der Waals surface area contributed by atoms with Crippen molar-refractivity contribution in [3.05, 3.63) is 23.7 Å². The van der Waals surface area contributed by atoms with E-state index >= 15 is 0 Å². The molecule has 3 heterocycles. The highest BCUT2D eigenvalue weighted by Crippen LogP contribution is 2.44. The van der Waals surface area contributed by atoms with Gasteiger partial charge in [0.05, 0.1) is 17.9 Å². The molecule has 21 heavy (non-hydrogen) atoms. The molecule has 2 atom stereocenters. The summed E-state index contributed by atoms with van der Waals surface area (Å²) in [4.78, 5) is 0. The highest BCUT2D eigenvalue weighted by Gasteiger charge is 2.42. The Morgan fingerprint density at radius 2 is 2.24 bits per heavy atom. The van der Waals surface area contributed by atoms with E-state index < -0.39 is 0 Å². The van der Waals surface area contributed by atoms with Crippen molar-refractivity contribution in [1.29, 1.82) is 0 Å². The smallest absolute Gasteiger partial charge is 0.123 e. The summed E-state index contributed by atoms with van der Waals surface area (Å²) < 4.78 is 12.0. The number of ether oxygens (including phenoxy) is 1. The van der Waals surface area contributed by atoms with Gasteiger partial charge in [-0.3, -0.25) is 0 Å². The molecule has 1 aromatic rings. The van der Waals surface area contributed by atoms with Crippen LogP contribution in [0.3, 0.4) is 0 Å². The maximum absolute atomic E-state index is 6.24. The second-order valence-corrected chi connectivity index (χ2v) is 7.62. The molecule has 1 spiro atoms. The largest absolute Gasteiger partial charge is 0.467 e. The summed E-state index contributed by atoms with van der Waals surface area (Å²) in [7, 11) is 0. The molecule has 0 aliphatic carbocycles. The molecule has 0 bridgehead atoms. The molecule has 2 saturated heterocycles. The van der Waals surface area contributed by atoms with Gasteiger partial charge in [0.15, 0.2) is 0 Å². The minimum Gasteiger partial charge on any atom is -0.467 e. The van der Waals surface area contributed by atoms with Crippen molar-refractivity contribution in [2.45, 2.75) is 51.2 Å². The van der Waals surface area contributed by atoms with Crippen LogP contribution < -0.4 is 5.32 Å². The van der Waals surface area contributed by atoms with Gasteiger partial charge in [-0.15, -0.1) is 0 Å². The summed E-state index contributed by atoms with van der Waals surface area (Å²) >= 11 is 2.07. The number of thioether (sulfide) groups is 1. The van der Waals surface area contributed by atoms with E-state index in [2.05, 4.69) is 37.0 Å². The average molecular weight is 309 g/mol. The van der Waals surface area contributed by atoms with Crippen LogP contribution in [-0.4, -0.2) is 30.3 Å². The fraction of sp³-hybridized carbons (Fsp3) is 0.765. The third-order valence-electron chi connectivity index (χ3n) is 5.01. The number of aryl methyl sites for hydroxylation is 1. The standard InChI is InChI=1S/C17H27NO2S/c1-3-18-15(16-13(2)4-8-19-16)14-5-9-20-17(12-14)6-10-21-11-7-17/h4,8,14-15,18H,3,5-7,9-12H2,1-2H3. The van der Waals surface area contributed by atoms with Gasteiger partial charge in [0, 0.05) is 6.61 Å². The lowest BCUT2D eigenvalue weighted by Gasteiger charge is -2.45. The van der Waals surface area contributed by atoms with Gasteiger partial charge in [-0.25, -0.2) is 0 Å². The lowest BCUT2D eigenvalue weighted by Crippen LogP contribution is -2.45. The topological polar surface area (TPSA) is 34.4 Å². The number of hydrogen-bond acceptors (Lipinski definition) is 4. The highest BCUT2D eigenvalue weighted by atomic mass is 32.2. The zero-order valence-corrected chi connectivity index (χ0v) is 14.0. The van der Waals surface area contributed by atoms with Crippen LogP contribution in [0.5, 0.6) is 0 Å².